The lowest BCUT2D eigenvalue weighted by Crippen LogP contribution is -2.50. The number of benzene rings is 1. The monoisotopic (exact) mass is 355 g/mol. The Morgan fingerprint density at radius 3 is 2.58 bits per heavy atom. The average molecular weight is 355 g/mol. The maximum Gasteiger partial charge on any atom is 0.274 e. The van der Waals surface area contributed by atoms with Crippen LogP contribution in [-0.2, 0) is 4.79 Å². The first-order valence-corrected chi connectivity index (χ1v) is 9.00. The smallest absolute Gasteiger partial charge is 0.274 e. The Bertz CT molecular complexity index is 821. The molecule has 0 spiro atoms. The van der Waals surface area contributed by atoms with Crippen LogP contribution >= 0.6 is 0 Å². The molecule has 0 unspecified atom stereocenters. The van der Waals surface area contributed by atoms with Crippen molar-refractivity contribution in [2.75, 3.05) is 0 Å². The van der Waals surface area contributed by atoms with Gasteiger partial charge in [-0.3, -0.25) is 9.59 Å². The molecule has 1 aromatic heterocycles. The topological polar surface area (TPSA) is 84.2 Å². The summed E-state index contributed by atoms with van der Waals surface area (Å²) < 4.78 is 5.37. The van der Waals surface area contributed by atoms with Gasteiger partial charge < -0.3 is 15.2 Å². The van der Waals surface area contributed by atoms with Crippen molar-refractivity contribution in [1.82, 2.24) is 15.8 Å². The van der Waals surface area contributed by atoms with Crippen molar-refractivity contribution in [3.05, 3.63) is 41.1 Å². The van der Waals surface area contributed by atoms with Crippen LogP contribution in [0.25, 0.3) is 11.3 Å². The van der Waals surface area contributed by atoms with Gasteiger partial charge in [-0.15, -0.1) is 0 Å². The largest absolute Gasteiger partial charge is 0.355 e. The second-order valence-electron chi connectivity index (χ2n) is 7.37. The van der Waals surface area contributed by atoms with E-state index in [2.05, 4.69) is 15.8 Å². The maximum atomic E-state index is 12.5. The van der Waals surface area contributed by atoms with Crippen molar-refractivity contribution in [3.63, 3.8) is 0 Å². The van der Waals surface area contributed by atoms with Crippen molar-refractivity contribution < 1.29 is 14.1 Å². The van der Waals surface area contributed by atoms with E-state index in [0.29, 0.717) is 5.76 Å². The molecule has 2 N–H and O–H groups in total. The molecule has 6 heteroatoms. The van der Waals surface area contributed by atoms with Gasteiger partial charge in [0.1, 0.15) is 6.04 Å². The van der Waals surface area contributed by atoms with Gasteiger partial charge in [-0.25, -0.2) is 0 Å². The molecule has 138 valence electrons. The number of nitrogens with zero attached hydrogens (tertiary/aromatic N) is 1. The minimum Gasteiger partial charge on any atom is -0.355 e. The lowest BCUT2D eigenvalue weighted by Gasteiger charge is -2.21. The van der Waals surface area contributed by atoms with Crippen LogP contribution in [-0.4, -0.2) is 29.1 Å². The summed E-state index contributed by atoms with van der Waals surface area (Å²) >= 11 is 0. The van der Waals surface area contributed by atoms with E-state index in [1.807, 2.05) is 45.9 Å². The highest BCUT2D eigenvalue weighted by Gasteiger charge is 2.30. The molecule has 1 fully saturated rings. The zero-order chi connectivity index (χ0) is 18.8. The highest BCUT2D eigenvalue weighted by molar-refractivity contribution is 5.96. The molecule has 1 saturated carbocycles. The SMILES string of the molecule is Cc1ccc(C)c(-c2cc(C(=O)N[C@H](C(=O)NC3CC3)C(C)C)no2)c1. The lowest BCUT2D eigenvalue weighted by atomic mass is 10.0. The molecule has 0 saturated heterocycles. The number of amides is 2. The van der Waals surface area contributed by atoms with Crippen molar-refractivity contribution in [2.24, 2.45) is 5.92 Å². The highest BCUT2D eigenvalue weighted by atomic mass is 16.5. The number of carbonyl (C=O) groups is 2. The van der Waals surface area contributed by atoms with Crippen LogP contribution in [0.15, 0.2) is 28.8 Å². The second kappa shape index (κ2) is 7.32. The third kappa shape index (κ3) is 4.12. The lowest BCUT2D eigenvalue weighted by molar-refractivity contribution is -0.124. The molecular weight excluding hydrogens is 330 g/mol. The molecule has 26 heavy (non-hydrogen) atoms. The Morgan fingerprint density at radius 2 is 1.92 bits per heavy atom. The molecule has 1 aliphatic rings. The van der Waals surface area contributed by atoms with Gasteiger partial charge in [0, 0.05) is 17.7 Å². The van der Waals surface area contributed by atoms with E-state index in [0.717, 1.165) is 29.5 Å². The van der Waals surface area contributed by atoms with Gasteiger partial charge in [0.15, 0.2) is 11.5 Å². The van der Waals surface area contributed by atoms with Gasteiger partial charge in [0.2, 0.25) is 5.91 Å². The van der Waals surface area contributed by atoms with Crippen LogP contribution in [0.3, 0.4) is 0 Å². The van der Waals surface area contributed by atoms with Gasteiger partial charge >= 0.3 is 0 Å². The van der Waals surface area contributed by atoms with Gasteiger partial charge in [0.05, 0.1) is 0 Å². The van der Waals surface area contributed by atoms with Crippen LogP contribution in [0.2, 0.25) is 0 Å². The Balaban J connectivity index is 1.74. The van der Waals surface area contributed by atoms with Crippen molar-refractivity contribution in [3.8, 4) is 11.3 Å². The fourth-order valence-corrected chi connectivity index (χ4v) is 2.78. The maximum absolute atomic E-state index is 12.5. The first-order chi connectivity index (χ1) is 12.3. The van der Waals surface area contributed by atoms with Crippen LogP contribution in [0.1, 0.15) is 48.3 Å². The Kier molecular flexibility index (Phi) is 5.11. The number of hydrogen-bond donors (Lipinski definition) is 2. The number of hydrogen-bond acceptors (Lipinski definition) is 4. The van der Waals surface area contributed by atoms with Gasteiger partial charge in [-0.1, -0.05) is 36.7 Å². The molecule has 1 aromatic carbocycles. The summed E-state index contributed by atoms with van der Waals surface area (Å²) in [6, 6.07) is 7.30. The summed E-state index contributed by atoms with van der Waals surface area (Å²) in [5.74, 6) is -0.0352. The molecular formula is C20H25N3O3. The minimum absolute atomic E-state index is 0.0249. The molecule has 1 aliphatic carbocycles. The van der Waals surface area contributed by atoms with Gasteiger partial charge in [-0.05, 0) is 44.2 Å². The Morgan fingerprint density at radius 1 is 1.19 bits per heavy atom. The Labute approximate surface area is 153 Å². The van der Waals surface area contributed by atoms with Crippen molar-refractivity contribution in [1.29, 1.82) is 0 Å². The van der Waals surface area contributed by atoms with Crippen LogP contribution in [0.5, 0.6) is 0 Å². The summed E-state index contributed by atoms with van der Waals surface area (Å²) in [5.41, 5.74) is 3.22. The van der Waals surface area contributed by atoms with Crippen LogP contribution in [0.4, 0.5) is 0 Å². The Hall–Kier alpha value is -2.63. The number of aromatic nitrogens is 1. The van der Waals surface area contributed by atoms with E-state index in [4.69, 9.17) is 4.52 Å². The quantitative estimate of drug-likeness (QED) is 0.834. The van der Waals surface area contributed by atoms with E-state index in [9.17, 15) is 9.59 Å². The summed E-state index contributed by atoms with van der Waals surface area (Å²) in [7, 11) is 0. The summed E-state index contributed by atoms with van der Waals surface area (Å²) in [6.07, 6.45) is 2.01. The van der Waals surface area contributed by atoms with E-state index in [-0.39, 0.29) is 23.6 Å². The third-order valence-corrected chi connectivity index (χ3v) is 4.56. The predicted molar refractivity (Wildman–Crippen MR) is 98.7 cm³/mol. The molecule has 2 aromatic rings. The van der Waals surface area contributed by atoms with Crippen molar-refractivity contribution in [2.45, 2.75) is 52.6 Å². The summed E-state index contributed by atoms with van der Waals surface area (Å²) in [5, 5.41) is 9.61. The van der Waals surface area contributed by atoms with E-state index >= 15 is 0 Å². The molecule has 1 atom stereocenters. The molecule has 2 amide bonds. The highest BCUT2D eigenvalue weighted by Crippen LogP contribution is 2.25. The normalized spacial score (nSPS) is 15.0. The number of rotatable bonds is 6. The number of nitrogens with one attached hydrogen (secondary N) is 2. The molecule has 0 aliphatic heterocycles. The standard InChI is InChI=1S/C20H25N3O3/c1-11(2)18(20(25)21-14-7-8-14)22-19(24)16-10-17(26-23-16)15-9-12(3)5-6-13(15)4/h5-6,9-11,14,18H,7-8H2,1-4H3,(H,21,25)(H,22,24)/t18-/m0/s1. The van der Waals surface area contributed by atoms with E-state index in [1.54, 1.807) is 6.07 Å². The minimum atomic E-state index is -0.594. The molecule has 1 heterocycles. The third-order valence-electron chi connectivity index (χ3n) is 4.56. The molecule has 3 rings (SSSR count). The van der Waals surface area contributed by atoms with E-state index in [1.165, 1.54) is 0 Å². The van der Waals surface area contributed by atoms with Gasteiger partial charge in [0.25, 0.3) is 5.91 Å². The fourth-order valence-electron chi connectivity index (χ4n) is 2.78. The van der Waals surface area contributed by atoms with Gasteiger partial charge in [-0.2, -0.15) is 0 Å². The zero-order valence-corrected chi connectivity index (χ0v) is 15.6. The number of carbonyl (C=O) groups excluding carboxylic acids is 2. The van der Waals surface area contributed by atoms with Crippen LogP contribution in [0, 0.1) is 19.8 Å². The number of aryl methyl sites for hydroxylation is 2. The molecule has 0 radical (unpaired) electrons. The van der Waals surface area contributed by atoms with Crippen LogP contribution < -0.4 is 10.6 Å². The van der Waals surface area contributed by atoms with Crippen molar-refractivity contribution >= 4 is 11.8 Å². The summed E-state index contributed by atoms with van der Waals surface area (Å²) in [4.78, 5) is 24.9. The second-order valence-corrected chi connectivity index (χ2v) is 7.37. The summed E-state index contributed by atoms with van der Waals surface area (Å²) in [6.45, 7) is 7.79. The predicted octanol–water partition coefficient (Wildman–Crippen LogP) is 2.99. The first-order valence-electron chi connectivity index (χ1n) is 9.00. The van der Waals surface area contributed by atoms with E-state index < -0.39 is 11.9 Å². The molecule has 6 nitrogen and oxygen atoms in total. The zero-order valence-electron chi connectivity index (χ0n) is 15.6. The molecule has 0 bridgehead atoms. The average Bonchev–Trinajstić information content (AvgIpc) is 3.26. The first kappa shape index (κ1) is 18.2. The fraction of sp³-hybridized carbons (Fsp3) is 0.450.